The van der Waals surface area contributed by atoms with Crippen LogP contribution in [0.4, 0.5) is 0 Å². The van der Waals surface area contributed by atoms with Gasteiger partial charge >= 0.3 is 5.97 Å². The molecule has 1 aromatic heterocycles. The number of hydrogen-bond acceptors (Lipinski definition) is 8. The van der Waals surface area contributed by atoms with E-state index in [9.17, 15) is 14.4 Å². The van der Waals surface area contributed by atoms with Gasteiger partial charge in [0.1, 0.15) is 17.5 Å². The van der Waals surface area contributed by atoms with Gasteiger partial charge in [0.2, 0.25) is 5.88 Å². The average molecular weight is 614 g/mol. The third-order valence-corrected chi connectivity index (χ3v) is 8.87. The molecule has 2 aliphatic heterocycles. The van der Waals surface area contributed by atoms with Crippen molar-refractivity contribution in [3.8, 4) is 28.6 Å². The standard InChI is InChI=1S/C36H27N3O5S/c1-21(2)32(39-34(40)25-12-6-7-13-26(25)35(39)41)36(42)44-33-24(18-22-10-4-3-5-11-22)19-27(37-38-33)23-16-17-29-31(20-23)45-30-15-9-8-14-28(30)43-29/h3-17,19-21,32H,18H2,1-2H3/t32-/m1/s1. The fraction of sp³-hybridized carbons (Fsp3) is 0.139. The van der Waals surface area contributed by atoms with Gasteiger partial charge in [-0.15, -0.1) is 10.2 Å². The molecule has 0 radical (unpaired) electrons. The van der Waals surface area contributed by atoms with Crippen molar-refractivity contribution in [2.45, 2.75) is 36.1 Å². The summed E-state index contributed by atoms with van der Waals surface area (Å²) in [5, 5.41) is 8.80. The first kappa shape index (κ1) is 28.5. The summed E-state index contributed by atoms with van der Waals surface area (Å²) in [5.74, 6) is -0.595. The number of hydrogen-bond donors (Lipinski definition) is 0. The van der Waals surface area contributed by atoms with E-state index in [0.717, 1.165) is 37.3 Å². The normalized spacial score (nSPS) is 14.0. The number of carbonyl (C=O) groups is 3. The number of ether oxygens (including phenoxy) is 2. The van der Waals surface area contributed by atoms with Gasteiger partial charge in [-0.05, 0) is 60.0 Å². The Balaban J connectivity index is 1.21. The lowest BCUT2D eigenvalue weighted by molar-refractivity contribution is -0.140. The first-order chi connectivity index (χ1) is 21.9. The maximum absolute atomic E-state index is 13.8. The highest BCUT2D eigenvalue weighted by Gasteiger charge is 2.45. The van der Waals surface area contributed by atoms with Gasteiger partial charge in [0.05, 0.1) is 26.6 Å². The average Bonchev–Trinajstić information content (AvgIpc) is 3.30. The van der Waals surface area contributed by atoms with E-state index in [1.165, 1.54) is 0 Å². The summed E-state index contributed by atoms with van der Waals surface area (Å²) < 4.78 is 12.0. The van der Waals surface area contributed by atoms with Crippen LogP contribution in [0, 0.1) is 5.92 Å². The number of para-hydroxylation sites is 1. The van der Waals surface area contributed by atoms with Crippen LogP contribution in [0.3, 0.4) is 0 Å². The lowest BCUT2D eigenvalue weighted by atomic mass is 10.0. The molecule has 0 bridgehead atoms. The number of nitrogens with zero attached hydrogens (tertiary/aromatic N) is 3. The molecule has 0 saturated carbocycles. The van der Waals surface area contributed by atoms with E-state index in [0.29, 0.717) is 17.7 Å². The molecule has 0 fully saturated rings. The quantitative estimate of drug-likeness (QED) is 0.138. The zero-order chi connectivity index (χ0) is 31.1. The molecule has 9 heteroatoms. The largest absolute Gasteiger partial charge is 0.455 e. The minimum absolute atomic E-state index is 0.0273. The molecule has 2 aliphatic rings. The predicted molar refractivity (Wildman–Crippen MR) is 169 cm³/mol. The second kappa shape index (κ2) is 11.7. The summed E-state index contributed by atoms with van der Waals surface area (Å²) in [5.41, 5.74) is 3.59. The predicted octanol–water partition coefficient (Wildman–Crippen LogP) is 7.22. The Labute approximate surface area is 264 Å². The van der Waals surface area contributed by atoms with E-state index >= 15 is 0 Å². The summed E-state index contributed by atoms with van der Waals surface area (Å²) in [6.45, 7) is 3.54. The molecule has 0 unspecified atom stereocenters. The van der Waals surface area contributed by atoms with Gasteiger partial charge in [-0.3, -0.25) is 14.5 Å². The van der Waals surface area contributed by atoms with Crippen LogP contribution in [-0.2, 0) is 11.2 Å². The highest BCUT2D eigenvalue weighted by Crippen LogP contribution is 2.47. The summed E-state index contributed by atoms with van der Waals surface area (Å²) >= 11 is 1.62. The topological polar surface area (TPSA) is 98.7 Å². The lowest BCUT2D eigenvalue weighted by Crippen LogP contribution is -2.49. The zero-order valence-corrected chi connectivity index (χ0v) is 25.3. The van der Waals surface area contributed by atoms with E-state index in [2.05, 4.69) is 10.2 Å². The fourth-order valence-corrected chi connectivity index (χ4v) is 6.56. The molecule has 7 rings (SSSR count). The van der Waals surface area contributed by atoms with E-state index in [4.69, 9.17) is 9.47 Å². The van der Waals surface area contributed by atoms with Crippen molar-refractivity contribution < 1.29 is 23.9 Å². The van der Waals surface area contributed by atoms with Crippen molar-refractivity contribution in [3.05, 3.63) is 125 Å². The summed E-state index contributed by atoms with van der Waals surface area (Å²) in [7, 11) is 0. The Morgan fingerprint density at radius 3 is 2.20 bits per heavy atom. The first-order valence-electron chi connectivity index (χ1n) is 14.6. The van der Waals surface area contributed by atoms with Crippen LogP contribution < -0.4 is 9.47 Å². The van der Waals surface area contributed by atoms with Crippen molar-refractivity contribution in [2.24, 2.45) is 5.92 Å². The maximum atomic E-state index is 13.8. The minimum Gasteiger partial charge on any atom is -0.455 e. The molecule has 4 aromatic carbocycles. The minimum atomic E-state index is -1.15. The molecule has 3 heterocycles. The van der Waals surface area contributed by atoms with Crippen molar-refractivity contribution in [3.63, 3.8) is 0 Å². The van der Waals surface area contributed by atoms with E-state index in [1.807, 2.05) is 78.9 Å². The Morgan fingerprint density at radius 1 is 0.800 bits per heavy atom. The smallest absolute Gasteiger partial charge is 0.336 e. The van der Waals surface area contributed by atoms with Gasteiger partial charge in [-0.25, -0.2) is 4.79 Å². The Kier molecular flexibility index (Phi) is 7.39. The van der Waals surface area contributed by atoms with Crippen LogP contribution >= 0.6 is 11.8 Å². The highest BCUT2D eigenvalue weighted by atomic mass is 32.2. The van der Waals surface area contributed by atoms with Gasteiger partial charge in [0.25, 0.3) is 11.8 Å². The molecule has 5 aromatic rings. The number of carbonyl (C=O) groups excluding carboxylic acids is 3. The molecule has 0 aliphatic carbocycles. The van der Waals surface area contributed by atoms with Crippen LogP contribution in [0.25, 0.3) is 11.3 Å². The van der Waals surface area contributed by atoms with Gasteiger partial charge in [-0.1, -0.05) is 80.2 Å². The monoisotopic (exact) mass is 613 g/mol. The van der Waals surface area contributed by atoms with Crippen LogP contribution in [0.15, 0.2) is 113 Å². The lowest BCUT2D eigenvalue weighted by Gasteiger charge is -2.27. The number of fused-ring (bicyclic) bond motifs is 3. The molecule has 0 spiro atoms. The van der Waals surface area contributed by atoms with Gasteiger partial charge in [0.15, 0.2) is 0 Å². The molecular formula is C36H27N3O5S. The molecule has 45 heavy (non-hydrogen) atoms. The second-order valence-corrected chi connectivity index (χ2v) is 12.3. The number of aromatic nitrogens is 2. The number of imide groups is 1. The van der Waals surface area contributed by atoms with E-state index in [1.54, 1.807) is 49.9 Å². The molecule has 2 amide bonds. The number of amides is 2. The number of rotatable bonds is 7. The summed E-state index contributed by atoms with van der Waals surface area (Å²) in [4.78, 5) is 43.2. The molecule has 8 nitrogen and oxygen atoms in total. The molecule has 0 N–H and O–H groups in total. The number of esters is 1. The zero-order valence-electron chi connectivity index (χ0n) is 24.5. The number of benzene rings is 4. The summed E-state index contributed by atoms with van der Waals surface area (Å²) in [6.07, 6.45) is 0.418. The van der Waals surface area contributed by atoms with Crippen molar-refractivity contribution >= 4 is 29.5 Å². The van der Waals surface area contributed by atoms with Crippen LogP contribution in [0.2, 0.25) is 0 Å². The van der Waals surface area contributed by atoms with Gasteiger partial charge in [-0.2, -0.15) is 0 Å². The Hall–Kier alpha value is -5.28. The third kappa shape index (κ3) is 5.36. The Morgan fingerprint density at radius 2 is 1.47 bits per heavy atom. The second-order valence-electron chi connectivity index (χ2n) is 11.2. The SMILES string of the molecule is CC(C)[C@H](C(=O)Oc1nnc(-c2ccc3c(c2)Sc2ccccc2O3)cc1Cc1ccccc1)N1C(=O)c2ccccc2C1=O. The van der Waals surface area contributed by atoms with Gasteiger partial charge < -0.3 is 9.47 Å². The molecule has 0 saturated heterocycles. The van der Waals surface area contributed by atoms with Crippen LogP contribution in [0.1, 0.15) is 45.7 Å². The Bertz CT molecular complexity index is 1940. The molecule has 1 atom stereocenters. The van der Waals surface area contributed by atoms with Crippen LogP contribution in [0.5, 0.6) is 17.4 Å². The van der Waals surface area contributed by atoms with Crippen molar-refractivity contribution in [2.75, 3.05) is 0 Å². The van der Waals surface area contributed by atoms with E-state index < -0.39 is 29.7 Å². The fourth-order valence-electron chi connectivity index (χ4n) is 5.57. The molecular weight excluding hydrogens is 586 g/mol. The highest BCUT2D eigenvalue weighted by molar-refractivity contribution is 7.99. The van der Waals surface area contributed by atoms with Crippen molar-refractivity contribution in [1.82, 2.24) is 15.1 Å². The van der Waals surface area contributed by atoms with Crippen molar-refractivity contribution in [1.29, 1.82) is 0 Å². The van der Waals surface area contributed by atoms with E-state index in [-0.39, 0.29) is 17.0 Å². The summed E-state index contributed by atoms with van der Waals surface area (Å²) in [6, 6.07) is 30.8. The molecule has 222 valence electrons. The first-order valence-corrected chi connectivity index (χ1v) is 15.4. The third-order valence-electron chi connectivity index (χ3n) is 7.77. The van der Waals surface area contributed by atoms with Gasteiger partial charge in [0, 0.05) is 17.5 Å². The maximum Gasteiger partial charge on any atom is 0.336 e. The van der Waals surface area contributed by atoms with Crippen LogP contribution in [-0.4, -0.2) is 38.9 Å².